The lowest BCUT2D eigenvalue weighted by atomic mass is 9.89. The van der Waals surface area contributed by atoms with E-state index >= 15 is 0 Å². The molecule has 3 heterocycles. The first-order chi connectivity index (χ1) is 15.7. The molecule has 1 aliphatic heterocycles. The zero-order chi connectivity index (χ0) is 23.3. The molecule has 2 aromatic heterocycles. The summed E-state index contributed by atoms with van der Waals surface area (Å²) in [6, 6.07) is 15.0. The molecule has 0 spiro atoms. The van der Waals surface area contributed by atoms with Crippen molar-refractivity contribution in [2.24, 2.45) is 0 Å². The summed E-state index contributed by atoms with van der Waals surface area (Å²) in [6.07, 6.45) is 1.65. The molecule has 1 fully saturated rings. The Balaban J connectivity index is 1.41. The SMILES string of the molecule is C[C@H]1[C@H](NS(=O)(=O)c2c(Cl)nc3sccn23)CN1C(c1ccc(Cl)cc1)c1ccc(Cl)cc1. The van der Waals surface area contributed by atoms with Crippen LogP contribution >= 0.6 is 46.1 Å². The Kier molecular flexibility index (Phi) is 6.20. The van der Waals surface area contributed by atoms with Crippen LogP contribution in [-0.4, -0.2) is 41.3 Å². The number of likely N-dealkylation sites (tertiary alicyclic amines) is 1. The third-order valence-corrected chi connectivity index (χ3v) is 9.10. The van der Waals surface area contributed by atoms with Crippen molar-refractivity contribution in [2.45, 2.75) is 30.1 Å². The van der Waals surface area contributed by atoms with E-state index in [0.29, 0.717) is 21.6 Å². The van der Waals surface area contributed by atoms with E-state index in [4.69, 9.17) is 34.8 Å². The molecule has 6 nitrogen and oxygen atoms in total. The molecular formula is C22H19Cl3N4O2S2. The van der Waals surface area contributed by atoms with Crippen molar-refractivity contribution in [3.8, 4) is 0 Å². The molecule has 0 radical (unpaired) electrons. The molecule has 1 aliphatic rings. The van der Waals surface area contributed by atoms with Gasteiger partial charge >= 0.3 is 0 Å². The van der Waals surface area contributed by atoms with Crippen molar-refractivity contribution in [2.75, 3.05) is 6.54 Å². The molecule has 5 rings (SSSR count). The minimum absolute atomic E-state index is 0.0293. The summed E-state index contributed by atoms with van der Waals surface area (Å²) in [4.78, 5) is 6.93. The Hall–Kier alpha value is -1.65. The van der Waals surface area contributed by atoms with E-state index in [9.17, 15) is 8.42 Å². The fourth-order valence-corrected chi connectivity index (χ4v) is 7.22. The first-order valence-corrected chi connectivity index (χ1v) is 13.6. The quantitative estimate of drug-likeness (QED) is 0.350. The van der Waals surface area contributed by atoms with Gasteiger partial charge in [-0.15, -0.1) is 11.3 Å². The van der Waals surface area contributed by atoms with E-state index in [2.05, 4.69) is 14.6 Å². The lowest BCUT2D eigenvalue weighted by molar-refractivity contribution is 0.0369. The van der Waals surface area contributed by atoms with Crippen LogP contribution in [0.4, 0.5) is 0 Å². The first kappa shape index (κ1) is 23.1. The van der Waals surface area contributed by atoms with Crippen molar-refractivity contribution >= 4 is 61.1 Å². The van der Waals surface area contributed by atoms with E-state index in [1.54, 1.807) is 11.6 Å². The number of thiazole rings is 1. The maximum atomic E-state index is 13.2. The molecule has 1 N–H and O–H groups in total. The predicted molar refractivity (Wildman–Crippen MR) is 133 cm³/mol. The fraction of sp³-hybridized carbons (Fsp3) is 0.227. The van der Waals surface area contributed by atoms with E-state index in [1.807, 2.05) is 55.5 Å². The van der Waals surface area contributed by atoms with E-state index in [-0.39, 0.29) is 28.3 Å². The number of hydrogen-bond acceptors (Lipinski definition) is 5. The van der Waals surface area contributed by atoms with Gasteiger partial charge in [-0.2, -0.15) is 0 Å². The average Bonchev–Trinajstić information content (AvgIpc) is 3.34. The van der Waals surface area contributed by atoms with Gasteiger partial charge in [0.2, 0.25) is 0 Å². The highest BCUT2D eigenvalue weighted by atomic mass is 35.5. The number of halogens is 3. The van der Waals surface area contributed by atoms with Crippen molar-refractivity contribution in [3.05, 3.63) is 86.4 Å². The van der Waals surface area contributed by atoms with Gasteiger partial charge in [-0.25, -0.2) is 18.1 Å². The lowest BCUT2D eigenvalue weighted by Crippen LogP contribution is -2.66. The molecule has 172 valence electrons. The molecule has 4 aromatic rings. The highest BCUT2D eigenvalue weighted by Gasteiger charge is 2.43. The van der Waals surface area contributed by atoms with Gasteiger partial charge in [0.1, 0.15) is 0 Å². The summed E-state index contributed by atoms with van der Waals surface area (Å²) in [5, 5.41) is 3.03. The van der Waals surface area contributed by atoms with Gasteiger partial charge < -0.3 is 0 Å². The lowest BCUT2D eigenvalue weighted by Gasteiger charge is -2.50. The summed E-state index contributed by atoms with van der Waals surface area (Å²) >= 11 is 19.7. The highest BCUT2D eigenvalue weighted by Crippen LogP contribution is 2.37. The maximum absolute atomic E-state index is 13.2. The zero-order valence-electron chi connectivity index (χ0n) is 17.3. The van der Waals surface area contributed by atoms with Gasteiger partial charge in [-0.3, -0.25) is 9.30 Å². The Morgan fingerprint density at radius 1 is 1.03 bits per heavy atom. The number of nitrogens with zero attached hydrogens (tertiary/aromatic N) is 3. The van der Waals surface area contributed by atoms with Gasteiger partial charge in [0.25, 0.3) is 10.0 Å². The summed E-state index contributed by atoms with van der Waals surface area (Å²) in [6.45, 7) is 2.53. The second-order valence-corrected chi connectivity index (χ2v) is 11.7. The molecule has 1 saturated heterocycles. The normalized spacial score (nSPS) is 19.3. The molecule has 0 unspecified atom stereocenters. The molecule has 0 amide bonds. The van der Waals surface area contributed by atoms with Gasteiger partial charge in [-0.1, -0.05) is 59.1 Å². The predicted octanol–water partition coefficient (Wildman–Crippen LogP) is 5.50. The Morgan fingerprint density at radius 2 is 1.61 bits per heavy atom. The topological polar surface area (TPSA) is 66.7 Å². The number of aromatic nitrogens is 2. The number of sulfonamides is 1. The van der Waals surface area contributed by atoms with E-state index in [0.717, 1.165) is 11.1 Å². The Bertz CT molecular complexity index is 1360. The third kappa shape index (κ3) is 4.30. The van der Waals surface area contributed by atoms with Gasteiger partial charge in [0, 0.05) is 34.2 Å². The summed E-state index contributed by atoms with van der Waals surface area (Å²) in [5.74, 6) is 0. The van der Waals surface area contributed by atoms with Crippen molar-refractivity contribution in [3.63, 3.8) is 0 Å². The summed E-state index contributed by atoms with van der Waals surface area (Å²) in [5.41, 5.74) is 2.13. The highest BCUT2D eigenvalue weighted by molar-refractivity contribution is 7.89. The van der Waals surface area contributed by atoms with Crippen molar-refractivity contribution in [1.29, 1.82) is 0 Å². The average molecular weight is 542 g/mol. The molecule has 0 bridgehead atoms. The minimum atomic E-state index is -3.86. The zero-order valence-corrected chi connectivity index (χ0v) is 21.2. The van der Waals surface area contributed by atoms with Crippen LogP contribution in [0, 0.1) is 0 Å². The number of imidazole rings is 1. The first-order valence-electron chi connectivity index (χ1n) is 10.1. The largest absolute Gasteiger partial charge is 0.286 e. The van der Waals surface area contributed by atoms with Crippen LogP contribution in [0.2, 0.25) is 15.2 Å². The molecule has 0 saturated carbocycles. The number of benzene rings is 2. The molecular weight excluding hydrogens is 523 g/mol. The number of fused-ring (bicyclic) bond motifs is 1. The Morgan fingerprint density at radius 3 is 2.15 bits per heavy atom. The Labute approximate surface area is 210 Å². The molecule has 2 aromatic carbocycles. The van der Waals surface area contributed by atoms with Crippen LogP contribution in [0.25, 0.3) is 4.96 Å². The number of rotatable bonds is 6. The van der Waals surface area contributed by atoms with Gasteiger partial charge in [0.05, 0.1) is 12.1 Å². The van der Waals surface area contributed by atoms with Gasteiger partial charge in [0.15, 0.2) is 15.1 Å². The summed E-state index contributed by atoms with van der Waals surface area (Å²) in [7, 11) is -3.86. The van der Waals surface area contributed by atoms with Crippen molar-refractivity contribution < 1.29 is 8.42 Å². The second kappa shape index (κ2) is 8.85. The smallest absolute Gasteiger partial charge is 0.260 e. The fourth-order valence-electron chi connectivity index (χ4n) is 4.22. The van der Waals surface area contributed by atoms with Crippen LogP contribution in [0.1, 0.15) is 24.1 Å². The van der Waals surface area contributed by atoms with E-state index < -0.39 is 10.0 Å². The number of hydrogen-bond donors (Lipinski definition) is 1. The van der Waals surface area contributed by atoms with Crippen LogP contribution in [-0.2, 0) is 10.0 Å². The summed E-state index contributed by atoms with van der Waals surface area (Å²) < 4.78 is 30.7. The van der Waals surface area contributed by atoms with E-state index in [1.165, 1.54) is 15.7 Å². The molecule has 2 atom stereocenters. The monoisotopic (exact) mass is 540 g/mol. The van der Waals surface area contributed by atoms with Crippen LogP contribution in [0.15, 0.2) is 65.1 Å². The maximum Gasteiger partial charge on any atom is 0.260 e. The minimum Gasteiger partial charge on any atom is -0.286 e. The van der Waals surface area contributed by atoms with Gasteiger partial charge in [-0.05, 0) is 42.3 Å². The van der Waals surface area contributed by atoms with Crippen LogP contribution in [0.3, 0.4) is 0 Å². The molecule has 0 aliphatic carbocycles. The standard InChI is InChI=1S/C22H19Cl3N4O2S2/c1-13-18(27-33(30,31)21-20(25)26-22-28(21)10-11-32-22)12-29(13)19(14-2-6-16(23)7-3-14)15-4-8-17(24)9-5-15/h2-11,13,18-19,27H,12H2,1H3/t13-,18+/m0/s1. The number of nitrogens with one attached hydrogen (secondary N) is 1. The third-order valence-electron chi connectivity index (χ3n) is 5.96. The second-order valence-electron chi connectivity index (χ2n) is 7.93. The molecule has 11 heteroatoms. The van der Waals surface area contributed by atoms with Crippen LogP contribution in [0.5, 0.6) is 0 Å². The van der Waals surface area contributed by atoms with Crippen LogP contribution < -0.4 is 4.72 Å². The van der Waals surface area contributed by atoms with Crippen molar-refractivity contribution in [1.82, 2.24) is 19.0 Å². The molecule has 33 heavy (non-hydrogen) atoms.